The monoisotopic (exact) mass is 253 g/mol. The number of rotatable bonds is 2. The van der Waals surface area contributed by atoms with Crippen molar-refractivity contribution in [3.05, 3.63) is 48.0 Å². The molecule has 0 radical (unpaired) electrons. The molecule has 0 amide bonds. The van der Waals surface area contributed by atoms with E-state index in [9.17, 15) is 0 Å². The summed E-state index contributed by atoms with van der Waals surface area (Å²) < 4.78 is 1.82. The Bertz CT molecular complexity index is 650. The predicted octanol–water partition coefficient (Wildman–Crippen LogP) is 1.36. The number of benzene rings is 2. The van der Waals surface area contributed by atoms with Crippen LogP contribution in [0.15, 0.2) is 47.6 Å². The Morgan fingerprint density at radius 2 is 1.79 bits per heavy atom. The molecule has 2 N–H and O–H groups in total. The first-order valence-electron chi connectivity index (χ1n) is 6.44. The summed E-state index contributed by atoms with van der Waals surface area (Å²) in [4.78, 5) is 0. The lowest BCUT2D eigenvalue weighted by atomic mass is 10.1. The summed E-state index contributed by atoms with van der Waals surface area (Å²) in [5.41, 5.74) is 1.10. The molecule has 0 unspecified atom stereocenters. The van der Waals surface area contributed by atoms with E-state index in [4.69, 9.17) is 0 Å². The molecule has 0 saturated carbocycles. The Morgan fingerprint density at radius 1 is 1.05 bits per heavy atom. The number of hydrazone groups is 1. The number of guanidine groups is 1. The first kappa shape index (κ1) is 11.7. The van der Waals surface area contributed by atoms with Gasteiger partial charge in [0, 0.05) is 0 Å². The van der Waals surface area contributed by atoms with Gasteiger partial charge in [-0.05, 0) is 22.4 Å². The summed E-state index contributed by atoms with van der Waals surface area (Å²) >= 11 is 0. The highest BCUT2D eigenvalue weighted by Gasteiger charge is 2.14. The minimum Gasteiger partial charge on any atom is -0.273 e. The van der Waals surface area contributed by atoms with E-state index in [1.807, 2.05) is 17.9 Å². The molecule has 2 aromatic rings. The first-order chi connectivity index (χ1) is 9.33. The molecule has 0 atom stereocenters. The Labute approximate surface area is 112 Å². The van der Waals surface area contributed by atoms with Gasteiger partial charge in [-0.3, -0.25) is 10.6 Å². The zero-order valence-corrected chi connectivity index (χ0v) is 10.9. The average Bonchev–Trinajstić information content (AvgIpc) is 2.99. The molecule has 96 valence electrons. The third-order valence-electron chi connectivity index (χ3n) is 3.19. The zero-order chi connectivity index (χ0) is 13.1. The topological polar surface area (TPSA) is 39.4 Å². The van der Waals surface area contributed by atoms with Crippen LogP contribution in [0.1, 0.15) is 5.56 Å². The van der Waals surface area contributed by atoms with Crippen molar-refractivity contribution >= 4 is 22.9 Å². The van der Waals surface area contributed by atoms with Crippen LogP contribution in [0.2, 0.25) is 0 Å². The maximum atomic E-state index is 4.43. The van der Waals surface area contributed by atoms with Crippen molar-refractivity contribution in [1.29, 1.82) is 0 Å². The van der Waals surface area contributed by atoms with Crippen molar-refractivity contribution in [3.63, 3.8) is 0 Å². The van der Waals surface area contributed by atoms with Gasteiger partial charge in [0.1, 0.15) is 0 Å². The Hall–Kier alpha value is -2.36. The van der Waals surface area contributed by atoms with Gasteiger partial charge in [0.15, 0.2) is 0 Å². The Balaban J connectivity index is 1.86. The van der Waals surface area contributed by atoms with Gasteiger partial charge in [-0.2, -0.15) is 0 Å². The van der Waals surface area contributed by atoms with Gasteiger partial charge in [-0.15, -0.1) is 9.79 Å². The second-order valence-electron chi connectivity index (χ2n) is 4.58. The van der Waals surface area contributed by atoms with Crippen LogP contribution in [0.5, 0.6) is 0 Å². The van der Waals surface area contributed by atoms with Crippen LogP contribution in [0.4, 0.5) is 0 Å². The van der Waals surface area contributed by atoms with Crippen molar-refractivity contribution in [2.45, 2.75) is 0 Å². The SMILES string of the molecule is C[N+](/N=C/c1ccc2ccccc2c1)=C1NCCN1. The Morgan fingerprint density at radius 3 is 2.58 bits per heavy atom. The second-order valence-corrected chi connectivity index (χ2v) is 4.58. The van der Waals surface area contributed by atoms with Crippen LogP contribution in [0.3, 0.4) is 0 Å². The largest absolute Gasteiger partial charge is 0.369 e. The molecule has 3 rings (SSSR count). The van der Waals surface area contributed by atoms with Crippen LogP contribution in [-0.2, 0) is 0 Å². The molecule has 2 aromatic carbocycles. The zero-order valence-electron chi connectivity index (χ0n) is 10.9. The molecule has 0 spiro atoms. The number of hydrogen-bond donors (Lipinski definition) is 2. The third-order valence-corrected chi connectivity index (χ3v) is 3.19. The molecule has 1 aliphatic heterocycles. The normalized spacial score (nSPS) is 14.7. The van der Waals surface area contributed by atoms with Gasteiger partial charge in [-0.1, -0.05) is 36.4 Å². The summed E-state index contributed by atoms with van der Waals surface area (Å²) in [6.07, 6.45) is 1.88. The van der Waals surface area contributed by atoms with Gasteiger partial charge in [0.25, 0.3) is 0 Å². The molecule has 0 aliphatic carbocycles. The first-order valence-corrected chi connectivity index (χ1v) is 6.44. The predicted molar refractivity (Wildman–Crippen MR) is 78.7 cm³/mol. The fraction of sp³-hybridized carbons (Fsp3) is 0.200. The number of hydrogen-bond acceptors (Lipinski definition) is 1. The van der Waals surface area contributed by atoms with Gasteiger partial charge >= 0.3 is 5.96 Å². The molecule has 1 aliphatic rings. The molecule has 1 saturated heterocycles. The molecule has 0 aromatic heterocycles. The van der Waals surface area contributed by atoms with Crippen LogP contribution in [0.25, 0.3) is 10.8 Å². The van der Waals surface area contributed by atoms with Crippen molar-refractivity contribution in [3.8, 4) is 0 Å². The number of fused-ring (bicyclic) bond motifs is 1. The van der Waals surface area contributed by atoms with Gasteiger partial charge in [-0.25, -0.2) is 0 Å². The fourth-order valence-corrected chi connectivity index (χ4v) is 2.15. The lowest BCUT2D eigenvalue weighted by molar-refractivity contribution is -0.505. The van der Waals surface area contributed by atoms with Gasteiger partial charge < -0.3 is 0 Å². The van der Waals surface area contributed by atoms with Gasteiger partial charge in [0.05, 0.1) is 26.4 Å². The van der Waals surface area contributed by atoms with E-state index in [0.29, 0.717) is 0 Å². The second kappa shape index (κ2) is 5.10. The van der Waals surface area contributed by atoms with Crippen LogP contribution in [-0.4, -0.2) is 37.0 Å². The average molecular weight is 253 g/mol. The van der Waals surface area contributed by atoms with Crippen LogP contribution < -0.4 is 10.6 Å². The molecule has 1 fully saturated rings. The van der Waals surface area contributed by atoms with Gasteiger partial charge in [0.2, 0.25) is 0 Å². The summed E-state index contributed by atoms with van der Waals surface area (Å²) in [5, 5.41) is 13.4. The van der Waals surface area contributed by atoms with Crippen LogP contribution >= 0.6 is 0 Å². The Kier molecular flexibility index (Phi) is 3.14. The van der Waals surface area contributed by atoms with E-state index in [1.165, 1.54) is 10.8 Å². The van der Waals surface area contributed by atoms with E-state index in [-0.39, 0.29) is 0 Å². The lowest BCUT2D eigenvalue weighted by Crippen LogP contribution is -2.31. The van der Waals surface area contributed by atoms with Crippen molar-refractivity contribution < 1.29 is 4.68 Å². The molecule has 1 heterocycles. The lowest BCUT2D eigenvalue weighted by Gasteiger charge is -1.99. The minimum absolute atomic E-state index is 0.950. The fourth-order valence-electron chi connectivity index (χ4n) is 2.15. The van der Waals surface area contributed by atoms with E-state index in [2.05, 4.69) is 58.2 Å². The van der Waals surface area contributed by atoms with E-state index >= 15 is 0 Å². The summed E-state index contributed by atoms with van der Waals surface area (Å²) in [5.74, 6) is 0.956. The summed E-state index contributed by atoms with van der Waals surface area (Å²) in [6, 6.07) is 14.7. The van der Waals surface area contributed by atoms with E-state index < -0.39 is 0 Å². The number of nitrogens with one attached hydrogen (secondary N) is 2. The summed E-state index contributed by atoms with van der Waals surface area (Å²) in [7, 11) is 1.93. The van der Waals surface area contributed by atoms with Crippen molar-refractivity contribution in [1.82, 2.24) is 10.6 Å². The molecule has 0 bridgehead atoms. The molecule has 19 heavy (non-hydrogen) atoms. The van der Waals surface area contributed by atoms with E-state index in [1.54, 1.807) is 0 Å². The van der Waals surface area contributed by atoms with E-state index in [0.717, 1.165) is 24.6 Å². The van der Waals surface area contributed by atoms with Crippen molar-refractivity contribution in [2.75, 3.05) is 20.1 Å². The number of nitrogens with zero attached hydrogens (tertiary/aromatic N) is 2. The van der Waals surface area contributed by atoms with Crippen LogP contribution in [0, 0.1) is 0 Å². The maximum absolute atomic E-state index is 4.43. The highest BCUT2D eigenvalue weighted by atomic mass is 15.4. The molecular formula is C15H17N4+. The molecular weight excluding hydrogens is 236 g/mol. The third kappa shape index (κ3) is 2.57. The minimum atomic E-state index is 0.950. The highest BCUT2D eigenvalue weighted by molar-refractivity contribution is 5.90. The standard InChI is InChI=1S/C15H16N4/c1-19(15-16-8-9-17-15)18-11-12-6-7-13-4-2-3-5-14(13)10-12/h2-7,10-11H,8-9H2,1H3,(H,16,17)/p+1/b18-11+. The van der Waals surface area contributed by atoms with Crippen molar-refractivity contribution in [2.24, 2.45) is 5.10 Å². The smallest absolute Gasteiger partial charge is 0.273 e. The maximum Gasteiger partial charge on any atom is 0.369 e. The molecule has 4 nitrogen and oxygen atoms in total. The highest BCUT2D eigenvalue weighted by Crippen LogP contribution is 2.14. The summed E-state index contributed by atoms with van der Waals surface area (Å²) in [6.45, 7) is 1.90. The quantitative estimate of drug-likeness (QED) is 0.482. The molecule has 4 heteroatoms.